The quantitative estimate of drug-likeness (QED) is 0.541. The number of para-hydroxylation sites is 1. The molecular formula is C24H23N3O5S. The van der Waals surface area contributed by atoms with Gasteiger partial charge in [-0.15, -0.1) is 0 Å². The molecule has 5 rings (SSSR count). The van der Waals surface area contributed by atoms with Gasteiger partial charge in [-0.2, -0.15) is 5.10 Å². The number of phenols is 1. The first-order valence-electron chi connectivity index (χ1n) is 10.6. The minimum absolute atomic E-state index is 0.0444. The predicted octanol–water partition coefficient (Wildman–Crippen LogP) is 3.08. The number of nitrogens with zero attached hydrogens (tertiary/aromatic N) is 2. The highest BCUT2D eigenvalue weighted by atomic mass is 32.2. The SMILES string of the molecule is C=CCOc1cccc(C2c3c(-c4ccccc4O)n[nH]c3C(=O)N2C2CCS(=O)(=O)C2)c1. The van der Waals surface area contributed by atoms with Gasteiger partial charge in [0, 0.05) is 17.2 Å². The number of aromatic amines is 1. The van der Waals surface area contributed by atoms with E-state index < -0.39 is 21.9 Å². The number of amides is 1. The third-order valence-electron chi connectivity index (χ3n) is 6.11. The van der Waals surface area contributed by atoms with E-state index in [4.69, 9.17) is 4.74 Å². The smallest absolute Gasteiger partial charge is 0.273 e. The maximum Gasteiger partial charge on any atom is 0.273 e. The van der Waals surface area contributed by atoms with Crippen LogP contribution in [0, 0.1) is 0 Å². The third kappa shape index (κ3) is 3.68. The van der Waals surface area contributed by atoms with Crippen LogP contribution < -0.4 is 4.74 Å². The molecule has 1 fully saturated rings. The zero-order valence-electron chi connectivity index (χ0n) is 17.8. The van der Waals surface area contributed by atoms with Crippen LogP contribution in [0.25, 0.3) is 11.3 Å². The van der Waals surface area contributed by atoms with Crippen molar-refractivity contribution in [3.8, 4) is 22.8 Å². The highest BCUT2D eigenvalue weighted by Crippen LogP contribution is 2.46. The molecule has 2 aliphatic rings. The molecule has 0 aliphatic carbocycles. The molecule has 1 aromatic heterocycles. The molecule has 1 amide bonds. The van der Waals surface area contributed by atoms with Gasteiger partial charge in [-0.3, -0.25) is 9.89 Å². The molecule has 2 N–H and O–H groups in total. The van der Waals surface area contributed by atoms with Crippen molar-refractivity contribution in [2.45, 2.75) is 18.5 Å². The second-order valence-corrected chi connectivity index (χ2v) is 10.5. The average Bonchev–Trinajstić information content (AvgIpc) is 3.46. The number of hydrogen-bond donors (Lipinski definition) is 2. The fourth-order valence-corrected chi connectivity index (χ4v) is 6.38. The second kappa shape index (κ2) is 8.08. The van der Waals surface area contributed by atoms with E-state index in [1.807, 2.05) is 24.3 Å². The Kier molecular flexibility index (Phi) is 5.20. The van der Waals surface area contributed by atoms with Crippen LogP contribution in [0.1, 0.15) is 34.1 Å². The van der Waals surface area contributed by atoms with Crippen molar-refractivity contribution >= 4 is 15.7 Å². The summed E-state index contributed by atoms with van der Waals surface area (Å²) in [5.74, 6) is 0.326. The number of aromatic hydroxyl groups is 1. The van der Waals surface area contributed by atoms with E-state index in [9.17, 15) is 18.3 Å². The van der Waals surface area contributed by atoms with Gasteiger partial charge in [0.1, 0.15) is 29.5 Å². The predicted molar refractivity (Wildman–Crippen MR) is 123 cm³/mol. The lowest BCUT2D eigenvalue weighted by Crippen LogP contribution is -2.40. The zero-order chi connectivity index (χ0) is 23.2. The molecule has 0 saturated carbocycles. The van der Waals surface area contributed by atoms with Gasteiger partial charge in [0.25, 0.3) is 5.91 Å². The Hall–Kier alpha value is -3.59. The van der Waals surface area contributed by atoms with E-state index in [-0.39, 0.29) is 23.2 Å². The van der Waals surface area contributed by atoms with Gasteiger partial charge >= 0.3 is 0 Å². The minimum Gasteiger partial charge on any atom is -0.507 e. The van der Waals surface area contributed by atoms with Crippen LogP contribution in [0.15, 0.2) is 61.2 Å². The van der Waals surface area contributed by atoms with Gasteiger partial charge in [-0.1, -0.05) is 36.9 Å². The Bertz CT molecular complexity index is 1350. The van der Waals surface area contributed by atoms with Crippen LogP contribution in [-0.4, -0.2) is 58.7 Å². The van der Waals surface area contributed by atoms with Gasteiger partial charge in [0.2, 0.25) is 0 Å². The monoisotopic (exact) mass is 465 g/mol. The van der Waals surface area contributed by atoms with Crippen LogP contribution in [0.4, 0.5) is 0 Å². The zero-order valence-corrected chi connectivity index (χ0v) is 18.6. The van der Waals surface area contributed by atoms with Gasteiger partial charge in [-0.25, -0.2) is 8.42 Å². The van der Waals surface area contributed by atoms with Gasteiger partial charge in [-0.05, 0) is 36.2 Å². The Morgan fingerprint density at radius 3 is 2.79 bits per heavy atom. The van der Waals surface area contributed by atoms with Crippen LogP contribution >= 0.6 is 0 Å². The van der Waals surface area contributed by atoms with Crippen molar-refractivity contribution in [3.05, 3.63) is 78.0 Å². The standard InChI is InChI=1S/C24H23N3O5S/c1-2-11-32-17-7-5-6-15(13-17)23-20-21(18-8-3-4-9-19(18)28)25-26-22(20)24(29)27(23)16-10-12-33(30,31)14-16/h2-9,13,16,23,28H,1,10-12,14H2,(H,25,26). The molecule has 0 bridgehead atoms. The maximum atomic E-state index is 13.5. The number of benzene rings is 2. The van der Waals surface area contributed by atoms with E-state index in [0.29, 0.717) is 41.3 Å². The fraction of sp³-hybridized carbons (Fsp3) is 0.250. The summed E-state index contributed by atoms with van der Waals surface area (Å²) < 4.78 is 30.2. The number of fused-ring (bicyclic) bond motifs is 1. The largest absolute Gasteiger partial charge is 0.507 e. The highest BCUT2D eigenvalue weighted by molar-refractivity contribution is 7.91. The third-order valence-corrected chi connectivity index (χ3v) is 7.86. The Morgan fingerprint density at radius 2 is 2.06 bits per heavy atom. The number of aromatic nitrogens is 2. The van der Waals surface area contributed by atoms with Gasteiger partial charge in [0.05, 0.1) is 17.5 Å². The molecule has 1 saturated heterocycles. The van der Waals surface area contributed by atoms with Gasteiger partial charge in [0.15, 0.2) is 9.84 Å². The van der Waals surface area contributed by atoms with Gasteiger partial charge < -0.3 is 14.7 Å². The van der Waals surface area contributed by atoms with E-state index in [1.165, 1.54) is 0 Å². The van der Waals surface area contributed by atoms with E-state index >= 15 is 0 Å². The number of H-pyrrole nitrogens is 1. The summed E-state index contributed by atoms with van der Waals surface area (Å²) >= 11 is 0. The summed E-state index contributed by atoms with van der Waals surface area (Å²) in [5.41, 5.74) is 2.65. The van der Waals surface area contributed by atoms with Crippen molar-refractivity contribution in [2.24, 2.45) is 0 Å². The number of rotatable bonds is 6. The fourth-order valence-electron chi connectivity index (χ4n) is 4.67. The summed E-state index contributed by atoms with van der Waals surface area (Å²) in [4.78, 5) is 15.2. The number of phenolic OH excluding ortho intramolecular Hbond substituents is 1. The van der Waals surface area contributed by atoms with Crippen LogP contribution in [0.2, 0.25) is 0 Å². The summed E-state index contributed by atoms with van der Waals surface area (Å²) in [6.07, 6.45) is 2.02. The molecule has 9 heteroatoms. The van der Waals surface area contributed by atoms with Crippen LogP contribution in [-0.2, 0) is 9.84 Å². The first-order chi connectivity index (χ1) is 15.9. The molecule has 0 radical (unpaired) electrons. The number of carbonyl (C=O) groups is 1. The minimum atomic E-state index is -3.22. The lowest BCUT2D eigenvalue weighted by Gasteiger charge is -2.31. The summed E-state index contributed by atoms with van der Waals surface area (Å²) in [7, 11) is -3.22. The molecule has 170 valence electrons. The lowest BCUT2D eigenvalue weighted by molar-refractivity contribution is 0.0677. The topological polar surface area (TPSA) is 113 Å². The average molecular weight is 466 g/mol. The summed E-state index contributed by atoms with van der Waals surface area (Å²) in [6, 6.07) is 13.1. The van der Waals surface area contributed by atoms with E-state index in [1.54, 1.807) is 35.2 Å². The van der Waals surface area contributed by atoms with Crippen molar-refractivity contribution in [3.63, 3.8) is 0 Å². The Balaban J connectivity index is 1.67. The number of sulfone groups is 1. The molecule has 33 heavy (non-hydrogen) atoms. The van der Waals surface area contributed by atoms with Crippen LogP contribution in [0.5, 0.6) is 11.5 Å². The number of carbonyl (C=O) groups excluding carboxylic acids is 1. The molecule has 8 nitrogen and oxygen atoms in total. The molecule has 2 aliphatic heterocycles. The summed E-state index contributed by atoms with van der Waals surface area (Å²) in [6.45, 7) is 4.00. The maximum absolute atomic E-state index is 13.5. The molecule has 3 aromatic rings. The van der Waals surface area contributed by atoms with E-state index in [0.717, 1.165) is 5.56 Å². The van der Waals surface area contributed by atoms with Crippen molar-refractivity contribution in [1.29, 1.82) is 0 Å². The molecule has 2 unspecified atom stereocenters. The van der Waals surface area contributed by atoms with Crippen molar-refractivity contribution in [2.75, 3.05) is 18.1 Å². The molecule has 2 atom stereocenters. The molecule has 0 spiro atoms. The number of hydrogen-bond acceptors (Lipinski definition) is 6. The highest BCUT2D eigenvalue weighted by Gasteiger charge is 2.48. The number of nitrogens with one attached hydrogen (secondary N) is 1. The molecule has 3 heterocycles. The van der Waals surface area contributed by atoms with E-state index in [2.05, 4.69) is 16.8 Å². The molecular weight excluding hydrogens is 442 g/mol. The lowest BCUT2D eigenvalue weighted by atomic mass is 9.95. The van der Waals surface area contributed by atoms with Crippen molar-refractivity contribution < 1.29 is 23.1 Å². The first-order valence-corrected chi connectivity index (χ1v) is 12.4. The normalized spacial score (nSPS) is 21.2. The summed E-state index contributed by atoms with van der Waals surface area (Å²) in [5, 5.41) is 17.7. The second-order valence-electron chi connectivity index (χ2n) is 8.22. The molecule has 2 aromatic carbocycles. The Labute approximate surface area is 191 Å². The first kappa shape index (κ1) is 21.3. The Morgan fingerprint density at radius 1 is 1.24 bits per heavy atom. The van der Waals surface area contributed by atoms with Crippen molar-refractivity contribution in [1.82, 2.24) is 15.1 Å². The van der Waals surface area contributed by atoms with Crippen LogP contribution in [0.3, 0.4) is 0 Å². The number of ether oxygens (including phenoxy) is 1.